The molecule has 0 radical (unpaired) electrons. The van der Waals surface area contributed by atoms with Crippen molar-refractivity contribution < 1.29 is 9.53 Å². The molecule has 0 saturated heterocycles. The second-order valence-electron chi connectivity index (χ2n) is 5.22. The number of amides is 1. The highest BCUT2D eigenvalue weighted by atomic mass is 16.5. The first-order valence-corrected chi connectivity index (χ1v) is 8.53. The molecular formula is C16H34N4O2. The van der Waals surface area contributed by atoms with Crippen molar-refractivity contribution in [2.75, 3.05) is 32.8 Å². The molecule has 1 amide bonds. The van der Waals surface area contributed by atoms with E-state index in [1.807, 2.05) is 20.8 Å². The molecule has 0 fully saturated rings. The third-order valence-corrected chi connectivity index (χ3v) is 3.18. The van der Waals surface area contributed by atoms with Gasteiger partial charge in [0.1, 0.15) is 0 Å². The second-order valence-corrected chi connectivity index (χ2v) is 5.22. The van der Waals surface area contributed by atoms with Crippen molar-refractivity contribution in [3.05, 3.63) is 0 Å². The summed E-state index contributed by atoms with van der Waals surface area (Å²) in [4.78, 5) is 16.2. The standard InChI is InChI=1S/C16H34N4O2/c1-5-14(4)20-15(21)10-12-19-16(17-6-2)18-11-8-9-13-22-7-3/h14H,5-13H2,1-4H3,(H,20,21)(H2,17,18,19). The van der Waals surface area contributed by atoms with Crippen molar-refractivity contribution in [1.29, 1.82) is 0 Å². The van der Waals surface area contributed by atoms with E-state index in [-0.39, 0.29) is 11.9 Å². The molecule has 1 atom stereocenters. The first kappa shape index (κ1) is 20.7. The number of rotatable bonds is 12. The molecule has 0 bridgehead atoms. The van der Waals surface area contributed by atoms with Crippen molar-refractivity contribution in [3.8, 4) is 0 Å². The second kappa shape index (κ2) is 14.6. The van der Waals surface area contributed by atoms with E-state index in [9.17, 15) is 4.79 Å². The number of carbonyl (C=O) groups is 1. The highest BCUT2D eigenvalue weighted by molar-refractivity contribution is 5.81. The largest absolute Gasteiger partial charge is 0.382 e. The Labute approximate surface area is 135 Å². The lowest BCUT2D eigenvalue weighted by molar-refractivity contribution is -0.121. The van der Waals surface area contributed by atoms with E-state index in [4.69, 9.17) is 4.74 Å². The zero-order chi connectivity index (χ0) is 16.6. The molecule has 0 aliphatic carbocycles. The number of nitrogens with zero attached hydrogens (tertiary/aromatic N) is 1. The number of ether oxygens (including phenoxy) is 1. The molecule has 0 aromatic heterocycles. The summed E-state index contributed by atoms with van der Waals surface area (Å²) in [6.45, 7) is 11.8. The molecule has 0 rings (SSSR count). The predicted molar refractivity (Wildman–Crippen MR) is 92.2 cm³/mol. The van der Waals surface area contributed by atoms with Gasteiger partial charge in [0, 0.05) is 45.3 Å². The van der Waals surface area contributed by atoms with Crippen LogP contribution in [0.1, 0.15) is 53.4 Å². The van der Waals surface area contributed by atoms with Gasteiger partial charge in [-0.3, -0.25) is 9.79 Å². The summed E-state index contributed by atoms with van der Waals surface area (Å²) >= 11 is 0. The molecule has 130 valence electrons. The Balaban J connectivity index is 3.90. The fourth-order valence-corrected chi connectivity index (χ4v) is 1.74. The van der Waals surface area contributed by atoms with Crippen molar-refractivity contribution in [2.24, 2.45) is 4.99 Å². The van der Waals surface area contributed by atoms with Crippen LogP contribution in [0.15, 0.2) is 4.99 Å². The van der Waals surface area contributed by atoms with Crippen LogP contribution < -0.4 is 16.0 Å². The quantitative estimate of drug-likeness (QED) is 0.291. The molecule has 0 aromatic rings. The van der Waals surface area contributed by atoms with Gasteiger partial charge in [0.15, 0.2) is 5.96 Å². The average molecular weight is 314 g/mol. The van der Waals surface area contributed by atoms with E-state index in [1.54, 1.807) is 0 Å². The number of aliphatic imine (C=N–C) groups is 1. The fourth-order valence-electron chi connectivity index (χ4n) is 1.74. The van der Waals surface area contributed by atoms with Gasteiger partial charge < -0.3 is 20.7 Å². The summed E-state index contributed by atoms with van der Waals surface area (Å²) in [7, 11) is 0. The van der Waals surface area contributed by atoms with E-state index in [0.717, 1.165) is 51.5 Å². The summed E-state index contributed by atoms with van der Waals surface area (Å²) < 4.78 is 5.30. The Morgan fingerprint density at radius 2 is 1.95 bits per heavy atom. The molecule has 0 spiro atoms. The van der Waals surface area contributed by atoms with Gasteiger partial charge in [-0.1, -0.05) is 6.92 Å². The zero-order valence-corrected chi connectivity index (χ0v) is 14.7. The van der Waals surface area contributed by atoms with E-state index in [2.05, 4.69) is 27.9 Å². The van der Waals surface area contributed by atoms with Gasteiger partial charge in [-0.15, -0.1) is 0 Å². The number of hydrogen-bond donors (Lipinski definition) is 3. The van der Waals surface area contributed by atoms with Crippen LogP contribution >= 0.6 is 0 Å². The molecule has 0 aliphatic rings. The molecule has 1 unspecified atom stereocenters. The van der Waals surface area contributed by atoms with Gasteiger partial charge in [-0.05, 0) is 40.0 Å². The maximum absolute atomic E-state index is 11.7. The SMILES string of the molecule is CCNC(=NCCCCOCC)NCCC(=O)NC(C)CC. The van der Waals surface area contributed by atoms with Crippen LogP contribution in [0.4, 0.5) is 0 Å². The van der Waals surface area contributed by atoms with Crippen molar-refractivity contribution in [1.82, 2.24) is 16.0 Å². The van der Waals surface area contributed by atoms with Gasteiger partial charge in [-0.2, -0.15) is 0 Å². The van der Waals surface area contributed by atoms with E-state index < -0.39 is 0 Å². The van der Waals surface area contributed by atoms with Crippen molar-refractivity contribution in [2.45, 2.75) is 59.4 Å². The maximum Gasteiger partial charge on any atom is 0.221 e. The van der Waals surface area contributed by atoms with Gasteiger partial charge in [-0.25, -0.2) is 0 Å². The minimum absolute atomic E-state index is 0.0782. The molecule has 0 aromatic carbocycles. The van der Waals surface area contributed by atoms with E-state index >= 15 is 0 Å². The molecule has 3 N–H and O–H groups in total. The molecule has 6 nitrogen and oxygen atoms in total. The molecule has 22 heavy (non-hydrogen) atoms. The van der Waals surface area contributed by atoms with Crippen LogP contribution in [0, 0.1) is 0 Å². The van der Waals surface area contributed by atoms with Crippen LogP contribution in [0.2, 0.25) is 0 Å². The van der Waals surface area contributed by atoms with Crippen molar-refractivity contribution >= 4 is 11.9 Å². The third kappa shape index (κ3) is 12.4. The van der Waals surface area contributed by atoms with Crippen LogP contribution in [0.25, 0.3) is 0 Å². The predicted octanol–water partition coefficient (Wildman–Crippen LogP) is 1.66. The van der Waals surface area contributed by atoms with Gasteiger partial charge in [0.05, 0.1) is 0 Å². The van der Waals surface area contributed by atoms with E-state index in [1.165, 1.54) is 0 Å². The highest BCUT2D eigenvalue weighted by Crippen LogP contribution is 1.92. The molecule has 0 heterocycles. The summed E-state index contributed by atoms with van der Waals surface area (Å²) in [6, 6.07) is 0.236. The maximum atomic E-state index is 11.7. The lowest BCUT2D eigenvalue weighted by atomic mass is 10.2. The van der Waals surface area contributed by atoms with Crippen LogP contribution in [0.3, 0.4) is 0 Å². The number of nitrogens with one attached hydrogen (secondary N) is 3. The monoisotopic (exact) mass is 314 g/mol. The van der Waals surface area contributed by atoms with Gasteiger partial charge in [0.25, 0.3) is 0 Å². The molecule has 0 aliphatic heterocycles. The number of carbonyl (C=O) groups excluding carboxylic acids is 1. The minimum Gasteiger partial charge on any atom is -0.382 e. The van der Waals surface area contributed by atoms with Crippen LogP contribution in [0.5, 0.6) is 0 Å². The highest BCUT2D eigenvalue weighted by Gasteiger charge is 2.05. The average Bonchev–Trinajstić information content (AvgIpc) is 2.50. The summed E-state index contributed by atoms with van der Waals surface area (Å²) in [6.07, 6.45) is 3.43. The Kier molecular flexibility index (Phi) is 13.8. The Bertz CT molecular complexity index is 309. The molecule has 0 saturated carbocycles. The smallest absolute Gasteiger partial charge is 0.221 e. The van der Waals surface area contributed by atoms with Crippen LogP contribution in [-0.4, -0.2) is 50.8 Å². The lowest BCUT2D eigenvalue weighted by Crippen LogP contribution is -2.40. The summed E-state index contributed by atoms with van der Waals surface area (Å²) in [5, 5.41) is 9.33. The van der Waals surface area contributed by atoms with Gasteiger partial charge >= 0.3 is 0 Å². The zero-order valence-electron chi connectivity index (χ0n) is 14.7. The summed E-state index contributed by atoms with van der Waals surface area (Å²) in [5.74, 6) is 0.852. The lowest BCUT2D eigenvalue weighted by Gasteiger charge is -2.13. The minimum atomic E-state index is 0.0782. The van der Waals surface area contributed by atoms with E-state index in [0.29, 0.717) is 13.0 Å². The Morgan fingerprint density at radius 3 is 2.59 bits per heavy atom. The molecular weight excluding hydrogens is 280 g/mol. The fraction of sp³-hybridized carbons (Fsp3) is 0.875. The number of hydrogen-bond acceptors (Lipinski definition) is 3. The topological polar surface area (TPSA) is 74.8 Å². The Morgan fingerprint density at radius 1 is 1.18 bits per heavy atom. The van der Waals surface area contributed by atoms with Gasteiger partial charge in [0.2, 0.25) is 5.91 Å². The number of guanidine groups is 1. The Hall–Kier alpha value is -1.30. The summed E-state index contributed by atoms with van der Waals surface area (Å²) in [5.41, 5.74) is 0. The number of unbranched alkanes of at least 4 members (excludes halogenated alkanes) is 1. The first-order chi connectivity index (χ1) is 10.6. The van der Waals surface area contributed by atoms with Crippen LogP contribution in [-0.2, 0) is 9.53 Å². The molecule has 6 heteroatoms. The normalized spacial score (nSPS) is 12.8. The third-order valence-electron chi connectivity index (χ3n) is 3.18. The first-order valence-electron chi connectivity index (χ1n) is 8.53. The van der Waals surface area contributed by atoms with Crippen molar-refractivity contribution in [3.63, 3.8) is 0 Å².